The van der Waals surface area contributed by atoms with Crippen molar-refractivity contribution in [1.29, 1.82) is 0 Å². The number of unbranched alkanes of at least 4 members (excludes halogenated alkanes) is 1. The first-order valence-electron chi connectivity index (χ1n) is 6.64. The van der Waals surface area contributed by atoms with E-state index in [9.17, 15) is 4.79 Å². The summed E-state index contributed by atoms with van der Waals surface area (Å²) < 4.78 is 5.56. The van der Waals surface area contributed by atoms with Gasteiger partial charge in [-0.1, -0.05) is 25.5 Å². The third kappa shape index (κ3) is 3.96. The molecular formula is C15H23NO3. The predicted molar refractivity (Wildman–Crippen MR) is 75.2 cm³/mol. The van der Waals surface area contributed by atoms with Crippen LogP contribution in [0.1, 0.15) is 39.2 Å². The lowest BCUT2D eigenvalue weighted by Gasteiger charge is -2.29. The number of carbonyl (C=O) groups is 1. The van der Waals surface area contributed by atoms with Crippen LogP contribution in [0, 0.1) is 5.92 Å². The molecule has 0 aliphatic carbocycles. The first kappa shape index (κ1) is 15.5. The zero-order valence-electron chi connectivity index (χ0n) is 11.8. The monoisotopic (exact) mass is 265 g/mol. The van der Waals surface area contributed by atoms with Gasteiger partial charge in [-0.25, -0.2) is 0 Å². The molecule has 0 aliphatic heterocycles. The number of benzene rings is 1. The third-order valence-corrected chi connectivity index (χ3v) is 3.51. The van der Waals surface area contributed by atoms with Crippen LogP contribution in [-0.2, 0) is 10.3 Å². The highest BCUT2D eigenvalue weighted by Crippen LogP contribution is 2.28. The maximum atomic E-state index is 11.1. The number of hydrogen-bond acceptors (Lipinski definition) is 3. The number of carboxylic acids is 1. The molecule has 0 amide bonds. The summed E-state index contributed by atoms with van der Waals surface area (Å²) >= 11 is 0. The van der Waals surface area contributed by atoms with E-state index >= 15 is 0 Å². The van der Waals surface area contributed by atoms with Crippen LogP contribution >= 0.6 is 0 Å². The maximum Gasteiger partial charge on any atom is 0.308 e. The molecule has 1 aromatic carbocycles. The first-order valence-corrected chi connectivity index (χ1v) is 6.64. The molecule has 0 saturated carbocycles. The van der Waals surface area contributed by atoms with Crippen LogP contribution in [0.3, 0.4) is 0 Å². The van der Waals surface area contributed by atoms with Gasteiger partial charge in [0.15, 0.2) is 0 Å². The van der Waals surface area contributed by atoms with Crippen molar-refractivity contribution in [3.05, 3.63) is 29.8 Å². The van der Waals surface area contributed by atoms with Crippen molar-refractivity contribution < 1.29 is 14.6 Å². The Morgan fingerprint density at radius 2 is 2.00 bits per heavy atom. The molecule has 2 unspecified atom stereocenters. The van der Waals surface area contributed by atoms with E-state index in [-0.39, 0.29) is 0 Å². The highest BCUT2D eigenvalue weighted by molar-refractivity contribution is 5.71. The van der Waals surface area contributed by atoms with E-state index in [0.717, 1.165) is 24.2 Å². The Kier molecular flexibility index (Phi) is 5.36. The first-order chi connectivity index (χ1) is 8.89. The minimum Gasteiger partial charge on any atom is -0.494 e. The molecule has 19 heavy (non-hydrogen) atoms. The van der Waals surface area contributed by atoms with E-state index in [2.05, 4.69) is 6.92 Å². The van der Waals surface area contributed by atoms with Crippen molar-refractivity contribution in [2.24, 2.45) is 11.7 Å². The molecule has 0 radical (unpaired) electrons. The second-order valence-corrected chi connectivity index (χ2v) is 5.07. The van der Waals surface area contributed by atoms with Crippen LogP contribution in [0.5, 0.6) is 5.75 Å². The van der Waals surface area contributed by atoms with E-state index in [0.29, 0.717) is 6.61 Å². The lowest BCUT2D eigenvalue weighted by Crippen LogP contribution is -2.43. The molecule has 1 rings (SSSR count). The number of nitrogens with two attached hydrogens (primary N) is 1. The topological polar surface area (TPSA) is 72.5 Å². The summed E-state index contributed by atoms with van der Waals surface area (Å²) in [6, 6.07) is 7.34. The Hall–Kier alpha value is -1.55. The van der Waals surface area contributed by atoms with Gasteiger partial charge < -0.3 is 15.6 Å². The predicted octanol–water partition coefficient (Wildman–Crippen LogP) is 2.76. The van der Waals surface area contributed by atoms with Gasteiger partial charge in [0.05, 0.1) is 18.1 Å². The molecule has 3 N–H and O–H groups in total. The van der Waals surface area contributed by atoms with Gasteiger partial charge in [0.25, 0.3) is 0 Å². The Bertz CT molecular complexity index is 412. The molecule has 0 saturated heterocycles. The quantitative estimate of drug-likeness (QED) is 0.743. The summed E-state index contributed by atoms with van der Waals surface area (Å²) in [7, 11) is 0. The second kappa shape index (κ2) is 6.57. The molecule has 106 valence electrons. The number of ether oxygens (including phenoxy) is 1. The molecule has 0 spiro atoms. The molecule has 0 heterocycles. The zero-order chi connectivity index (χ0) is 14.5. The minimum atomic E-state index is -0.895. The molecule has 4 nitrogen and oxygen atoms in total. The summed E-state index contributed by atoms with van der Waals surface area (Å²) in [5.74, 6) is -0.761. The van der Waals surface area contributed by atoms with Crippen molar-refractivity contribution in [1.82, 2.24) is 0 Å². The molecule has 1 aromatic rings. The van der Waals surface area contributed by atoms with Gasteiger partial charge in [-0.3, -0.25) is 4.79 Å². The number of carboxylic acid groups (broad SMARTS) is 1. The van der Waals surface area contributed by atoms with E-state index < -0.39 is 17.4 Å². The fraction of sp³-hybridized carbons (Fsp3) is 0.533. The number of hydrogen-bond donors (Lipinski definition) is 2. The van der Waals surface area contributed by atoms with Crippen LogP contribution in [-0.4, -0.2) is 17.7 Å². The Morgan fingerprint density at radius 1 is 1.42 bits per heavy atom. The summed E-state index contributed by atoms with van der Waals surface area (Å²) in [6.45, 7) is 6.16. The van der Waals surface area contributed by atoms with Gasteiger partial charge in [-0.2, -0.15) is 0 Å². The Morgan fingerprint density at radius 3 is 2.47 bits per heavy atom. The Labute approximate surface area is 114 Å². The number of aliphatic carboxylic acids is 1. The van der Waals surface area contributed by atoms with Gasteiger partial charge in [-0.15, -0.1) is 0 Å². The van der Waals surface area contributed by atoms with Gasteiger partial charge in [0.2, 0.25) is 0 Å². The molecular weight excluding hydrogens is 242 g/mol. The van der Waals surface area contributed by atoms with Crippen molar-refractivity contribution in [2.75, 3.05) is 6.61 Å². The molecule has 4 heteroatoms. The maximum absolute atomic E-state index is 11.1. The SMILES string of the molecule is CCCCOc1ccc(C(C)(N)C(C)C(=O)O)cc1. The zero-order valence-corrected chi connectivity index (χ0v) is 11.8. The molecule has 0 aliphatic rings. The van der Waals surface area contributed by atoms with Crippen molar-refractivity contribution in [2.45, 2.75) is 39.2 Å². The smallest absolute Gasteiger partial charge is 0.308 e. The summed E-state index contributed by atoms with van der Waals surface area (Å²) in [4.78, 5) is 11.1. The summed E-state index contributed by atoms with van der Waals surface area (Å²) in [5, 5.41) is 9.07. The normalized spacial score (nSPS) is 15.6. The van der Waals surface area contributed by atoms with Crippen LogP contribution in [0.25, 0.3) is 0 Å². The second-order valence-electron chi connectivity index (χ2n) is 5.07. The van der Waals surface area contributed by atoms with E-state index in [1.165, 1.54) is 0 Å². The van der Waals surface area contributed by atoms with Crippen molar-refractivity contribution in [3.63, 3.8) is 0 Å². The lowest BCUT2D eigenvalue weighted by molar-refractivity contribution is -0.143. The third-order valence-electron chi connectivity index (χ3n) is 3.51. The average Bonchev–Trinajstić information content (AvgIpc) is 2.38. The van der Waals surface area contributed by atoms with Crippen molar-refractivity contribution >= 4 is 5.97 Å². The van der Waals surface area contributed by atoms with Gasteiger partial charge in [0.1, 0.15) is 5.75 Å². The summed E-state index contributed by atoms with van der Waals surface area (Å²) in [5.41, 5.74) is 6.03. The standard InChI is InChI=1S/C15H23NO3/c1-4-5-10-19-13-8-6-12(7-9-13)15(3,16)11(2)14(17)18/h6-9,11H,4-5,10,16H2,1-3H3,(H,17,18). The fourth-order valence-corrected chi connectivity index (χ4v) is 1.75. The Balaban J connectivity index is 2.77. The van der Waals surface area contributed by atoms with E-state index in [1.807, 2.05) is 24.3 Å². The van der Waals surface area contributed by atoms with E-state index in [4.69, 9.17) is 15.6 Å². The van der Waals surface area contributed by atoms with Crippen LogP contribution in [0.15, 0.2) is 24.3 Å². The lowest BCUT2D eigenvalue weighted by atomic mass is 9.81. The van der Waals surface area contributed by atoms with Crippen LogP contribution in [0.2, 0.25) is 0 Å². The molecule has 0 fully saturated rings. The largest absolute Gasteiger partial charge is 0.494 e. The minimum absolute atomic E-state index is 0.653. The van der Waals surface area contributed by atoms with Crippen LogP contribution in [0.4, 0.5) is 0 Å². The van der Waals surface area contributed by atoms with Crippen molar-refractivity contribution in [3.8, 4) is 5.75 Å². The molecule has 0 aromatic heterocycles. The molecule has 2 atom stereocenters. The fourth-order valence-electron chi connectivity index (χ4n) is 1.75. The highest BCUT2D eigenvalue weighted by atomic mass is 16.5. The van der Waals surface area contributed by atoms with Gasteiger partial charge in [0, 0.05) is 0 Å². The highest BCUT2D eigenvalue weighted by Gasteiger charge is 2.33. The van der Waals surface area contributed by atoms with Gasteiger partial charge >= 0.3 is 5.97 Å². The van der Waals surface area contributed by atoms with E-state index in [1.54, 1.807) is 13.8 Å². The average molecular weight is 265 g/mol. The molecule has 0 bridgehead atoms. The number of rotatable bonds is 7. The van der Waals surface area contributed by atoms with Gasteiger partial charge in [-0.05, 0) is 38.0 Å². The summed E-state index contributed by atoms with van der Waals surface area (Å²) in [6.07, 6.45) is 2.11. The van der Waals surface area contributed by atoms with Crippen LogP contribution < -0.4 is 10.5 Å².